The van der Waals surface area contributed by atoms with Crippen LogP contribution in [0.2, 0.25) is 0 Å². The van der Waals surface area contributed by atoms with Crippen molar-refractivity contribution in [1.82, 2.24) is 9.21 Å². The van der Waals surface area contributed by atoms with Crippen LogP contribution in [0, 0.1) is 0 Å². The first-order chi connectivity index (χ1) is 14.5. The van der Waals surface area contributed by atoms with Crippen LogP contribution in [0.25, 0.3) is 0 Å². The third kappa shape index (κ3) is 4.43. The van der Waals surface area contributed by atoms with E-state index in [1.807, 2.05) is 36.4 Å². The number of carbonyl (C=O) groups is 1. The molecule has 160 valence electrons. The number of carbonyl (C=O) groups excluding carboxylic acids is 1. The summed E-state index contributed by atoms with van der Waals surface area (Å²) in [6, 6.07) is 13.3. The first-order valence-electron chi connectivity index (χ1n) is 10.5. The summed E-state index contributed by atoms with van der Waals surface area (Å²) in [5, 5.41) is 0. The van der Waals surface area contributed by atoms with Crippen LogP contribution >= 0.6 is 11.8 Å². The van der Waals surface area contributed by atoms with Crippen LogP contribution < -0.4 is 0 Å². The highest BCUT2D eigenvalue weighted by Gasteiger charge is 2.31. The van der Waals surface area contributed by atoms with Crippen LogP contribution in [0.4, 0.5) is 0 Å². The fraction of sp³-hybridized carbons (Fsp3) is 0.435. The Morgan fingerprint density at radius 1 is 0.933 bits per heavy atom. The van der Waals surface area contributed by atoms with E-state index < -0.39 is 10.0 Å². The average molecular weight is 445 g/mol. The molecule has 0 unspecified atom stereocenters. The van der Waals surface area contributed by atoms with Crippen molar-refractivity contribution in [2.24, 2.45) is 0 Å². The molecule has 0 spiro atoms. The summed E-state index contributed by atoms with van der Waals surface area (Å²) in [4.78, 5) is 14.9. The van der Waals surface area contributed by atoms with E-state index in [1.54, 1.807) is 22.7 Å². The maximum atomic E-state index is 13.1. The Morgan fingerprint density at radius 3 is 2.27 bits per heavy atom. The molecule has 2 aromatic carbocycles. The van der Waals surface area contributed by atoms with Gasteiger partial charge in [-0.2, -0.15) is 16.1 Å². The summed E-state index contributed by atoms with van der Waals surface area (Å²) in [7, 11) is -3.53. The summed E-state index contributed by atoms with van der Waals surface area (Å²) in [6.07, 6.45) is 6.34. The molecule has 2 aliphatic rings. The van der Waals surface area contributed by atoms with Gasteiger partial charge in [-0.25, -0.2) is 8.42 Å². The van der Waals surface area contributed by atoms with Gasteiger partial charge in [0.05, 0.1) is 4.90 Å². The molecule has 0 saturated carbocycles. The quantitative estimate of drug-likeness (QED) is 0.707. The minimum Gasteiger partial charge on any atom is -0.336 e. The molecule has 0 atom stereocenters. The van der Waals surface area contributed by atoms with Gasteiger partial charge in [-0.05, 0) is 72.9 Å². The molecular weight excluding hydrogens is 416 g/mol. The van der Waals surface area contributed by atoms with E-state index in [0.717, 1.165) is 25.0 Å². The van der Waals surface area contributed by atoms with E-state index in [2.05, 4.69) is 6.26 Å². The Kier molecular flexibility index (Phi) is 6.51. The first kappa shape index (κ1) is 21.4. The minimum absolute atomic E-state index is 0.0310. The van der Waals surface area contributed by atoms with Gasteiger partial charge in [0.15, 0.2) is 0 Å². The Labute approximate surface area is 183 Å². The molecule has 5 nitrogen and oxygen atoms in total. The van der Waals surface area contributed by atoms with Crippen LogP contribution in [-0.2, 0) is 28.6 Å². The van der Waals surface area contributed by atoms with Gasteiger partial charge in [0.1, 0.15) is 0 Å². The number of hydrogen-bond donors (Lipinski definition) is 0. The summed E-state index contributed by atoms with van der Waals surface area (Å²) < 4.78 is 27.8. The molecular formula is C23H28N2O3S2. The van der Waals surface area contributed by atoms with E-state index >= 15 is 0 Å². The van der Waals surface area contributed by atoms with Gasteiger partial charge >= 0.3 is 0 Å². The Morgan fingerprint density at radius 2 is 1.60 bits per heavy atom. The van der Waals surface area contributed by atoms with Crippen molar-refractivity contribution in [2.75, 3.05) is 32.4 Å². The zero-order chi connectivity index (χ0) is 21.1. The molecule has 1 heterocycles. The normalized spacial score (nSPS) is 17.6. The first-order valence-corrected chi connectivity index (χ1v) is 13.3. The fourth-order valence-electron chi connectivity index (χ4n) is 4.24. The average Bonchev–Trinajstić information content (AvgIpc) is 2.79. The number of piperazine rings is 1. The van der Waals surface area contributed by atoms with Crippen LogP contribution in [0.5, 0.6) is 0 Å². The van der Waals surface area contributed by atoms with Crippen molar-refractivity contribution in [1.29, 1.82) is 0 Å². The number of rotatable bonds is 5. The molecule has 0 N–H and O–H groups in total. The Hall–Kier alpha value is -1.83. The second kappa shape index (κ2) is 9.12. The van der Waals surface area contributed by atoms with Crippen molar-refractivity contribution in [3.05, 3.63) is 64.7 Å². The minimum atomic E-state index is -3.53. The summed E-state index contributed by atoms with van der Waals surface area (Å²) in [6.45, 7) is 1.48. The molecule has 1 aliphatic carbocycles. The van der Waals surface area contributed by atoms with Crippen molar-refractivity contribution < 1.29 is 13.2 Å². The zero-order valence-electron chi connectivity index (χ0n) is 17.3. The number of sulfonamides is 1. The van der Waals surface area contributed by atoms with E-state index in [9.17, 15) is 13.2 Å². The molecule has 1 aliphatic heterocycles. The van der Waals surface area contributed by atoms with Crippen molar-refractivity contribution >= 4 is 27.7 Å². The van der Waals surface area contributed by atoms with E-state index in [4.69, 9.17) is 0 Å². The number of hydrogen-bond acceptors (Lipinski definition) is 4. The highest BCUT2D eigenvalue weighted by molar-refractivity contribution is 7.97. The standard InChI is InChI=1S/C23H28N2O3S2/c1-29-17-18-6-8-20(9-7-18)23(26)24-12-14-25(15-13-24)30(27,28)22-11-10-19-4-2-3-5-21(19)16-22/h6-11,16H,2-5,12-15,17H2,1H3. The molecule has 1 amide bonds. The lowest BCUT2D eigenvalue weighted by Gasteiger charge is -2.34. The lowest BCUT2D eigenvalue weighted by molar-refractivity contribution is 0.0698. The highest BCUT2D eigenvalue weighted by atomic mass is 32.2. The predicted molar refractivity (Wildman–Crippen MR) is 121 cm³/mol. The molecule has 0 radical (unpaired) electrons. The lowest BCUT2D eigenvalue weighted by atomic mass is 9.92. The zero-order valence-corrected chi connectivity index (χ0v) is 19.0. The summed E-state index contributed by atoms with van der Waals surface area (Å²) in [5.41, 5.74) is 4.30. The van der Waals surface area contributed by atoms with Crippen LogP contribution in [0.1, 0.15) is 39.9 Å². The van der Waals surface area contributed by atoms with Gasteiger partial charge in [0, 0.05) is 37.5 Å². The third-order valence-electron chi connectivity index (χ3n) is 6.00. The van der Waals surface area contributed by atoms with Gasteiger partial charge in [-0.3, -0.25) is 4.79 Å². The number of benzene rings is 2. The topological polar surface area (TPSA) is 57.7 Å². The van der Waals surface area contributed by atoms with E-state index in [0.29, 0.717) is 36.6 Å². The Bertz CT molecular complexity index is 1010. The largest absolute Gasteiger partial charge is 0.336 e. The van der Waals surface area contributed by atoms with Crippen LogP contribution in [0.15, 0.2) is 47.4 Å². The molecule has 1 saturated heterocycles. The third-order valence-corrected chi connectivity index (χ3v) is 8.51. The fourth-order valence-corrected chi connectivity index (χ4v) is 6.24. The molecule has 30 heavy (non-hydrogen) atoms. The second-order valence-corrected chi connectivity index (χ2v) is 10.8. The maximum absolute atomic E-state index is 13.1. The smallest absolute Gasteiger partial charge is 0.253 e. The monoisotopic (exact) mass is 444 g/mol. The van der Waals surface area contributed by atoms with Gasteiger partial charge < -0.3 is 4.90 Å². The second-order valence-electron chi connectivity index (χ2n) is 7.96. The van der Waals surface area contributed by atoms with Gasteiger partial charge in [0.2, 0.25) is 10.0 Å². The molecule has 0 bridgehead atoms. The van der Waals surface area contributed by atoms with Gasteiger partial charge in [-0.1, -0.05) is 18.2 Å². The number of aryl methyl sites for hydroxylation is 2. The highest BCUT2D eigenvalue weighted by Crippen LogP contribution is 2.26. The SMILES string of the molecule is CSCc1ccc(C(=O)N2CCN(S(=O)(=O)c3ccc4c(c3)CCCC4)CC2)cc1. The molecule has 4 rings (SSSR count). The summed E-state index contributed by atoms with van der Waals surface area (Å²) in [5.74, 6) is 0.893. The lowest BCUT2D eigenvalue weighted by Crippen LogP contribution is -2.50. The number of fused-ring (bicyclic) bond motifs is 1. The van der Waals surface area contributed by atoms with Gasteiger partial charge in [0.25, 0.3) is 5.91 Å². The number of thioether (sulfide) groups is 1. The van der Waals surface area contributed by atoms with Crippen molar-refractivity contribution in [3.63, 3.8) is 0 Å². The van der Waals surface area contributed by atoms with Crippen molar-refractivity contribution in [3.8, 4) is 0 Å². The van der Waals surface area contributed by atoms with Gasteiger partial charge in [-0.15, -0.1) is 0 Å². The van der Waals surface area contributed by atoms with Crippen LogP contribution in [-0.4, -0.2) is 56.0 Å². The molecule has 0 aromatic heterocycles. The van der Waals surface area contributed by atoms with Crippen molar-refractivity contribution in [2.45, 2.75) is 36.3 Å². The molecule has 2 aromatic rings. The number of amides is 1. The van der Waals surface area contributed by atoms with E-state index in [1.165, 1.54) is 27.4 Å². The predicted octanol–water partition coefficient (Wildman–Crippen LogP) is 3.58. The Balaban J connectivity index is 1.41. The van der Waals surface area contributed by atoms with Crippen LogP contribution in [0.3, 0.4) is 0 Å². The maximum Gasteiger partial charge on any atom is 0.253 e. The molecule has 7 heteroatoms. The molecule has 1 fully saturated rings. The number of nitrogens with zero attached hydrogens (tertiary/aromatic N) is 2. The van der Waals surface area contributed by atoms with E-state index in [-0.39, 0.29) is 5.91 Å². The summed E-state index contributed by atoms with van der Waals surface area (Å²) >= 11 is 1.75.